The fourth-order valence-corrected chi connectivity index (χ4v) is 2.90. The van der Waals surface area contributed by atoms with E-state index in [1.165, 1.54) is 0 Å². The van der Waals surface area contributed by atoms with Crippen LogP contribution in [0, 0.1) is 19.3 Å². The monoisotopic (exact) mass is 354 g/mol. The smallest absolute Gasteiger partial charge is 0.325 e. The summed E-state index contributed by atoms with van der Waals surface area (Å²) in [5.41, 5.74) is 8.63. The number of rotatable bonds is 4. The van der Waals surface area contributed by atoms with Crippen LogP contribution in [0.2, 0.25) is 0 Å². The second-order valence-electron chi connectivity index (χ2n) is 6.80. The van der Waals surface area contributed by atoms with Crippen molar-refractivity contribution >= 4 is 30.0 Å². The molecule has 0 bridgehead atoms. The van der Waals surface area contributed by atoms with Gasteiger partial charge in [-0.25, -0.2) is 4.79 Å². The molecule has 0 spiro atoms. The third-order valence-electron chi connectivity index (χ3n) is 4.38. The molecule has 4 N–H and O–H groups in total. The lowest BCUT2D eigenvalue weighted by Gasteiger charge is -2.22. The highest BCUT2D eigenvalue weighted by Crippen LogP contribution is 2.27. The van der Waals surface area contributed by atoms with E-state index in [1.54, 1.807) is 0 Å². The number of hydrogen-bond donors (Lipinski definition) is 3. The lowest BCUT2D eigenvalue weighted by Crippen LogP contribution is -2.42. The zero-order valence-corrected chi connectivity index (χ0v) is 15.3. The number of carbonyl (C=O) groups is 2. The number of urea groups is 1. The van der Waals surface area contributed by atoms with Crippen LogP contribution >= 0.6 is 12.4 Å². The van der Waals surface area contributed by atoms with Gasteiger partial charge >= 0.3 is 6.03 Å². The van der Waals surface area contributed by atoms with Crippen molar-refractivity contribution in [1.29, 1.82) is 0 Å². The van der Waals surface area contributed by atoms with Crippen molar-refractivity contribution in [2.45, 2.75) is 27.2 Å². The minimum atomic E-state index is -0.497. The first-order valence-electron chi connectivity index (χ1n) is 7.92. The molecule has 134 valence electrons. The summed E-state index contributed by atoms with van der Waals surface area (Å²) in [5.74, 6) is -0.298. The summed E-state index contributed by atoms with van der Waals surface area (Å²) in [7, 11) is 0. The van der Waals surface area contributed by atoms with Crippen LogP contribution < -0.4 is 16.4 Å². The number of nitrogens with one attached hydrogen (secondary N) is 2. The Morgan fingerprint density at radius 1 is 1.33 bits per heavy atom. The molecule has 0 aliphatic carbocycles. The fraction of sp³-hybridized carbons (Fsp3) is 0.529. The minimum absolute atomic E-state index is 0. The Morgan fingerprint density at radius 3 is 2.62 bits per heavy atom. The van der Waals surface area contributed by atoms with Gasteiger partial charge in [-0.05, 0) is 50.4 Å². The van der Waals surface area contributed by atoms with Gasteiger partial charge in [0.15, 0.2) is 0 Å². The van der Waals surface area contributed by atoms with E-state index >= 15 is 0 Å². The Kier molecular flexibility index (Phi) is 7.20. The number of likely N-dealkylation sites (tertiary alicyclic amines) is 1. The summed E-state index contributed by atoms with van der Waals surface area (Å²) in [6, 6.07) is 5.24. The second kappa shape index (κ2) is 8.46. The molecule has 0 radical (unpaired) electrons. The van der Waals surface area contributed by atoms with E-state index in [1.807, 2.05) is 36.9 Å². The molecule has 0 aromatic heterocycles. The first kappa shape index (κ1) is 20.4. The molecule has 2 rings (SSSR count). The van der Waals surface area contributed by atoms with Gasteiger partial charge in [0.1, 0.15) is 0 Å². The van der Waals surface area contributed by atoms with E-state index < -0.39 is 6.03 Å². The maximum atomic E-state index is 12.0. The highest BCUT2D eigenvalue weighted by Gasteiger charge is 2.33. The summed E-state index contributed by atoms with van der Waals surface area (Å²) >= 11 is 0. The van der Waals surface area contributed by atoms with Gasteiger partial charge in [-0.3, -0.25) is 15.0 Å². The van der Waals surface area contributed by atoms with E-state index in [-0.39, 0.29) is 30.3 Å². The van der Waals surface area contributed by atoms with Crippen molar-refractivity contribution in [2.24, 2.45) is 11.1 Å². The van der Waals surface area contributed by atoms with Crippen molar-refractivity contribution in [3.05, 3.63) is 29.3 Å². The predicted molar refractivity (Wildman–Crippen MR) is 98.5 cm³/mol. The minimum Gasteiger partial charge on any atom is -0.330 e. The summed E-state index contributed by atoms with van der Waals surface area (Å²) in [4.78, 5) is 26.0. The van der Waals surface area contributed by atoms with E-state index in [9.17, 15) is 9.59 Å². The number of anilines is 1. The molecule has 1 aromatic carbocycles. The van der Waals surface area contributed by atoms with E-state index in [0.29, 0.717) is 12.2 Å². The van der Waals surface area contributed by atoms with Crippen molar-refractivity contribution < 1.29 is 9.59 Å². The number of aryl methyl sites for hydroxylation is 2. The fourth-order valence-electron chi connectivity index (χ4n) is 2.90. The van der Waals surface area contributed by atoms with Crippen LogP contribution in [-0.4, -0.2) is 43.0 Å². The standard InChI is InChI=1S/C17H26N4O2.ClH/c1-12-4-5-14(13(2)8-12)19-16(23)20-15(22)9-21-7-6-17(3,10-18)11-21;/h4-5,8H,6-7,9-11,18H2,1-3H3,(H2,19,20,22,23);1H. The van der Waals surface area contributed by atoms with Gasteiger partial charge in [0, 0.05) is 12.2 Å². The van der Waals surface area contributed by atoms with Gasteiger partial charge in [0.2, 0.25) is 5.91 Å². The van der Waals surface area contributed by atoms with Gasteiger partial charge in [0.25, 0.3) is 0 Å². The van der Waals surface area contributed by atoms with Crippen molar-refractivity contribution in [1.82, 2.24) is 10.2 Å². The van der Waals surface area contributed by atoms with Gasteiger partial charge < -0.3 is 11.1 Å². The highest BCUT2D eigenvalue weighted by atomic mass is 35.5. The maximum absolute atomic E-state index is 12.0. The van der Waals surface area contributed by atoms with Crippen molar-refractivity contribution in [3.63, 3.8) is 0 Å². The molecule has 1 heterocycles. The number of hydrogen-bond acceptors (Lipinski definition) is 4. The van der Waals surface area contributed by atoms with Crippen LogP contribution in [0.1, 0.15) is 24.5 Å². The van der Waals surface area contributed by atoms with Crippen LogP contribution in [0.3, 0.4) is 0 Å². The molecule has 1 aromatic rings. The lowest BCUT2D eigenvalue weighted by molar-refractivity contribution is -0.120. The molecule has 1 saturated heterocycles. The third kappa shape index (κ3) is 5.47. The van der Waals surface area contributed by atoms with Gasteiger partial charge in [0.05, 0.1) is 6.54 Å². The number of imide groups is 1. The van der Waals surface area contributed by atoms with E-state index in [4.69, 9.17) is 5.73 Å². The number of nitrogens with zero attached hydrogens (tertiary/aromatic N) is 1. The summed E-state index contributed by atoms with van der Waals surface area (Å²) in [6.07, 6.45) is 0.978. The molecule has 1 atom stereocenters. The van der Waals surface area contributed by atoms with Gasteiger partial charge in [-0.1, -0.05) is 24.6 Å². The summed E-state index contributed by atoms with van der Waals surface area (Å²) < 4.78 is 0. The number of nitrogens with two attached hydrogens (primary N) is 1. The van der Waals surface area contributed by atoms with Crippen molar-refractivity contribution in [2.75, 3.05) is 31.5 Å². The van der Waals surface area contributed by atoms with E-state index in [0.717, 1.165) is 30.6 Å². The second-order valence-corrected chi connectivity index (χ2v) is 6.80. The predicted octanol–water partition coefficient (Wildman–Crippen LogP) is 2.04. The first-order chi connectivity index (χ1) is 10.8. The maximum Gasteiger partial charge on any atom is 0.325 e. The Labute approximate surface area is 149 Å². The molecule has 1 fully saturated rings. The Bertz CT molecular complexity index is 608. The quantitative estimate of drug-likeness (QED) is 0.772. The number of amides is 3. The number of halogens is 1. The highest BCUT2D eigenvalue weighted by molar-refractivity contribution is 6.02. The molecule has 6 nitrogen and oxygen atoms in total. The molecule has 7 heteroatoms. The van der Waals surface area contributed by atoms with Crippen LogP contribution in [0.25, 0.3) is 0 Å². The largest absolute Gasteiger partial charge is 0.330 e. The Hall–Kier alpha value is -1.63. The van der Waals surface area contributed by atoms with E-state index in [2.05, 4.69) is 17.6 Å². The van der Waals surface area contributed by atoms with Crippen molar-refractivity contribution in [3.8, 4) is 0 Å². The molecular formula is C17H27ClN4O2. The Morgan fingerprint density at radius 2 is 2.04 bits per heavy atom. The molecule has 1 aliphatic rings. The zero-order valence-electron chi connectivity index (χ0n) is 14.5. The van der Waals surface area contributed by atoms with Crippen LogP contribution in [0.15, 0.2) is 18.2 Å². The van der Waals surface area contributed by atoms with Crippen LogP contribution in [-0.2, 0) is 4.79 Å². The average Bonchev–Trinajstić information content (AvgIpc) is 2.84. The van der Waals surface area contributed by atoms with Crippen LogP contribution in [0.4, 0.5) is 10.5 Å². The molecule has 0 saturated carbocycles. The van der Waals surface area contributed by atoms with Gasteiger partial charge in [-0.15, -0.1) is 12.4 Å². The summed E-state index contributed by atoms with van der Waals surface area (Å²) in [5, 5.41) is 5.09. The molecule has 1 aliphatic heterocycles. The first-order valence-corrected chi connectivity index (χ1v) is 7.92. The number of benzene rings is 1. The summed E-state index contributed by atoms with van der Waals surface area (Å²) in [6.45, 7) is 8.48. The molecule has 24 heavy (non-hydrogen) atoms. The zero-order chi connectivity index (χ0) is 17.0. The molecule has 1 unspecified atom stereocenters. The number of carbonyl (C=O) groups excluding carboxylic acids is 2. The average molecular weight is 355 g/mol. The third-order valence-corrected chi connectivity index (χ3v) is 4.38. The normalized spacial score (nSPS) is 20.3. The molecular weight excluding hydrogens is 328 g/mol. The lowest BCUT2D eigenvalue weighted by atomic mass is 9.90. The van der Waals surface area contributed by atoms with Crippen LogP contribution in [0.5, 0.6) is 0 Å². The molecule has 3 amide bonds. The topological polar surface area (TPSA) is 87.5 Å². The Balaban J connectivity index is 0.00000288. The SMILES string of the molecule is Cc1ccc(NC(=O)NC(=O)CN2CCC(C)(CN)C2)c(C)c1.Cl. The van der Waals surface area contributed by atoms with Gasteiger partial charge in [-0.2, -0.15) is 0 Å².